The molecule has 0 aromatic carbocycles. The van der Waals surface area contributed by atoms with Crippen LogP contribution in [0.4, 0.5) is 0 Å². The van der Waals surface area contributed by atoms with Gasteiger partial charge in [-0.05, 0) is 31.7 Å². The molecule has 0 fully saturated rings. The van der Waals surface area contributed by atoms with Crippen LogP contribution >= 0.6 is 22.8 Å². The van der Waals surface area contributed by atoms with Gasteiger partial charge in [-0.3, -0.25) is 0 Å². The predicted molar refractivity (Wildman–Crippen MR) is 245 cm³/mol. The van der Waals surface area contributed by atoms with Crippen molar-refractivity contribution in [1.82, 2.24) is 0 Å². The Morgan fingerprint density at radius 2 is 0.373 bits per heavy atom. The quantitative estimate of drug-likeness (QED) is 0.0425. The Labute approximate surface area is 336 Å². The second-order valence-electron chi connectivity index (χ2n) is 17.4. The lowest BCUT2D eigenvalue weighted by Crippen LogP contribution is -2.22. The van der Waals surface area contributed by atoms with Crippen molar-refractivity contribution in [2.75, 3.05) is 0 Å². The fourth-order valence-electron chi connectivity index (χ4n) is 8.49. The molecule has 0 aliphatic heterocycles. The average Bonchev–Trinajstić information content (AvgIpc) is 3.14. The van der Waals surface area contributed by atoms with E-state index in [-0.39, 0.29) is 0 Å². The Hall–Kier alpha value is 0.910. The predicted octanol–water partition coefficient (Wildman–Crippen LogP) is 20.3. The molecule has 2 heteroatoms. The highest BCUT2D eigenvalue weighted by molar-refractivity contribution is 9.37. The van der Waals surface area contributed by atoms with Crippen molar-refractivity contribution in [1.29, 1.82) is 0 Å². The summed E-state index contributed by atoms with van der Waals surface area (Å²) in [4.78, 5) is 0. The number of unbranched alkanes of at least 4 members (excludes halogenated alkanes) is 39. The molecular weight excluding hydrogens is 699 g/mol. The van der Waals surface area contributed by atoms with E-state index in [9.17, 15) is 0 Å². The summed E-state index contributed by atoms with van der Waals surface area (Å²) in [6.07, 6.45) is 66.2. The molecule has 0 nitrogen and oxygen atoms in total. The number of rotatable bonds is 46. The van der Waals surface area contributed by atoms with E-state index in [1.807, 2.05) is 0 Å². The molecule has 0 amide bonds. The zero-order valence-corrected chi connectivity index (χ0v) is 38.8. The maximum Gasteiger partial charge on any atom is -0.00237 e. The molecule has 0 saturated carbocycles. The molecule has 0 heterocycles. The highest BCUT2D eigenvalue weighted by atomic mass is 79.9. The fraction of sp³-hybridized carbons (Fsp3) is 1.00. The van der Waals surface area contributed by atoms with Gasteiger partial charge < -0.3 is 0 Å². The number of hydrogen-bond donors (Lipinski definition) is 0. The van der Waals surface area contributed by atoms with Crippen LogP contribution in [0, 0.1) is 0 Å². The molecule has 0 aliphatic carbocycles. The highest BCUT2D eigenvalue weighted by Gasteiger charge is 2.27. The van der Waals surface area contributed by atoms with Gasteiger partial charge in [-0.15, -0.1) is 0 Å². The molecule has 0 saturated heterocycles. The van der Waals surface area contributed by atoms with Crippen LogP contribution in [0.2, 0.25) is 0 Å². The highest BCUT2D eigenvalue weighted by Crippen LogP contribution is 2.49. The molecule has 308 valence electrons. The van der Waals surface area contributed by atoms with E-state index >= 15 is 0 Å². The molecule has 0 radical (unpaired) electrons. The van der Waals surface area contributed by atoms with Gasteiger partial charge in [0, 0.05) is 0 Å². The molecule has 1 atom stereocenters. The van der Waals surface area contributed by atoms with Gasteiger partial charge in [0.2, 0.25) is 0 Å². The average molecular weight is 800 g/mol. The van der Waals surface area contributed by atoms with Crippen molar-refractivity contribution in [3.05, 3.63) is 0 Å². The Morgan fingerprint density at radius 3 is 0.510 bits per heavy atom. The zero-order chi connectivity index (χ0) is 37.0. The minimum Gasteiger partial charge on any atom is -0.0654 e. The topological polar surface area (TPSA) is 0 Å². The first-order chi connectivity index (χ1) is 25.2. The van der Waals surface area contributed by atoms with Gasteiger partial charge in [0.05, 0.1) is 0 Å². The first-order valence-electron chi connectivity index (χ1n) is 24.6. The van der Waals surface area contributed by atoms with E-state index in [0.29, 0.717) is 5.16 Å². The molecule has 0 spiro atoms. The van der Waals surface area contributed by atoms with Crippen LogP contribution in [0.5, 0.6) is 0 Å². The fourth-order valence-corrected chi connectivity index (χ4v) is 11.1. The van der Waals surface area contributed by atoms with Crippen molar-refractivity contribution >= 4 is 22.8 Å². The number of hydrogen-bond acceptors (Lipinski definition) is 0. The zero-order valence-electron chi connectivity index (χ0n) is 36.2. The summed E-state index contributed by atoms with van der Waals surface area (Å²) < 4.78 is 0. The molecule has 0 rings (SSSR count). The molecule has 0 N–H and O–H groups in total. The van der Waals surface area contributed by atoms with Crippen LogP contribution in [0.3, 0.4) is 0 Å². The minimum absolute atomic E-state index is 0.603. The summed E-state index contributed by atoms with van der Waals surface area (Å²) in [6, 6.07) is 0. The molecular formula is C49H100BrP. The largest absolute Gasteiger partial charge is 0.0654 e. The monoisotopic (exact) mass is 799 g/mol. The molecule has 0 bridgehead atoms. The van der Waals surface area contributed by atoms with Crippen LogP contribution in [-0.2, 0) is 0 Å². The van der Waals surface area contributed by atoms with E-state index in [1.54, 1.807) is 0 Å². The number of halogens is 1. The maximum absolute atomic E-state index is 4.12. The first kappa shape index (κ1) is 51.9. The van der Waals surface area contributed by atoms with E-state index < -0.39 is 0 Å². The Balaban J connectivity index is 4.20. The van der Waals surface area contributed by atoms with Crippen molar-refractivity contribution in [3.8, 4) is 0 Å². The van der Waals surface area contributed by atoms with Gasteiger partial charge in [0.1, 0.15) is 0 Å². The summed E-state index contributed by atoms with van der Waals surface area (Å²) in [5.41, 5.74) is 0. The third-order valence-corrected chi connectivity index (χ3v) is 15.9. The van der Waals surface area contributed by atoms with Crippen molar-refractivity contribution in [2.45, 2.75) is 315 Å². The maximum atomic E-state index is 4.12. The van der Waals surface area contributed by atoms with Crippen LogP contribution in [-0.4, -0.2) is 5.16 Å². The summed E-state index contributed by atoms with van der Waals surface area (Å²) >= 11 is 4.12. The van der Waals surface area contributed by atoms with Crippen LogP contribution in [0.25, 0.3) is 0 Å². The standard InChI is InChI=1S/C49H100BrP/c1-4-7-10-13-16-19-22-25-28-31-34-37-40-43-46-49(51-50,47-44-41-38-35-32-29-26-23-20-17-14-11-8-5-2)48-45-42-39-36-33-30-27-24-21-18-15-12-9-6-3/h51H,4-48H2,1-3H3. The van der Waals surface area contributed by atoms with Crippen molar-refractivity contribution in [2.24, 2.45) is 0 Å². The van der Waals surface area contributed by atoms with Gasteiger partial charge in [0.25, 0.3) is 0 Å². The van der Waals surface area contributed by atoms with Crippen LogP contribution in [0.15, 0.2) is 0 Å². The van der Waals surface area contributed by atoms with Gasteiger partial charge in [-0.25, -0.2) is 0 Å². The lowest BCUT2D eigenvalue weighted by Gasteiger charge is -2.32. The molecule has 1 unspecified atom stereocenters. The third kappa shape index (κ3) is 40.4. The Morgan fingerprint density at radius 1 is 0.235 bits per heavy atom. The van der Waals surface area contributed by atoms with Gasteiger partial charge in [-0.2, -0.15) is 0 Å². The summed E-state index contributed by atoms with van der Waals surface area (Å²) in [5.74, 6) is 0. The summed E-state index contributed by atoms with van der Waals surface area (Å²) in [7, 11) is 0.965. The minimum atomic E-state index is 0.603. The molecule has 0 aromatic heterocycles. The van der Waals surface area contributed by atoms with E-state index in [0.717, 1.165) is 7.28 Å². The lowest BCUT2D eigenvalue weighted by molar-refractivity contribution is 0.400. The third-order valence-electron chi connectivity index (χ3n) is 12.2. The molecule has 0 aromatic rings. The second-order valence-corrected chi connectivity index (χ2v) is 19.9. The van der Waals surface area contributed by atoms with Gasteiger partial charge >= 0.3 is 0 Å². The van der Waals surface area contributed by atoms with Crippen LogP contribution < -0.4 is 0 Å². The Kier molecular flexibility index (Phi) is 46.1. The van der Waals surface area contributed by atoms with E-state index in [1.165, 1.54) is 289 Å². The normalized spacial score (nSPS) is 12.2. The molecule has 0 aliphatic rings. The smallest absolute Gasteiger partial charge is 0.00237 e. The van der Waals surface area contributed by atoms with Gasteiger partial charge in [-0.1, -0.05) is 306 Å². The van der Waals surface area contributed by atoms with Gasteiger partial charge in [0.15, 0.2) is 0 Å². The van der Waals surface area contributed by atoms with Crippen molar-refractivity contribution < 1.29 is 0 Å². The SMILES string of the molecule is CCCCCCCCCCCCCCCCC(CCCCCCCCCCCCCCCC)(CCCCCCCCCCCCCCCC)PBr. The summed E-state index contributed by atoms with van der Waals surface area (Å²) in [6.45, 7) is 6.96. The first-order valence-corrected chi connectivity index (χ1v) is 27.9. The molecule has 51 heavy (non-hydrogen) atoms. The Bertz CT molecular complexity index is 526. The second kappa shape index (κ2) is 45.3. The van der Waals surface area contributed by atoms with Crippen molar-refractivity contribution in [3.63, 3.8) is 0 Å². The van der Waals surface area contributed by atoms with E-state index in [2.05, 4.69) is 36.3 Å². The van der Waals surface area contributed by atoms with Crippen LogP contribution in [0.1, 0.15) is 310 Å². The lowest BCUT2D eigenvalue weighted by atomic mass is 9.88. The summed E-state index contributed by atoms with van der Waals surface area (Å²) in [5, 5.41) is 0.603. The van der Waals surface area contributed by atoms with E-state index in [4.69, 9.17) is 0 Å².